The van der Waals surface area contributed by atoms with Gasteiger partial charge in [0.1, 0.15) is 11.6 Å². The first-order valence-electron chi connectivity index (χ1n) is 7.45. The van der Waals surface area contributed by atoms with Crippen LogP contribution in [0.15, 0.2) is 28.7 Å². The van der Waals surface area contributed by atoms with Crippen LogP contribution >= 0.6 is 11.5 Å². The summed E-state index contributed by atoms with van der Waals surface area (Å²) in [6, 6.07) is 7.98. The summed E-state index contributed by atoms with van der Waals surface area (Å²) >= 11 is 1.38. The zero-order valence-corrected chi connectivity index (χ0v) is 13.7. The molecule has 1 N–H and O–H groups in total. The Morgan fingerprint density at radius 3 is 2.95 bits per heavy atom. The minimum atomic E-state index is 0.0135. The normalized spacial score (nSPS) is 12.5. The van der Waals surface area contributed by atoms with E-state index in [4.69, 9.17) is 9.15 Å². The van der Waals surface area contributed by atoms with E-state index in [1.54, 1.807) is 0 Å². The largest absolute Gasteiger partial charge is 0.490 e. The second-order valence-electron chi connectivity index (χ2n) is 4.99. The van der Waals surface area contributed by atoms with Crippen molar-refractivity contribution in [2.75, 3.05) is 11.9 Å². The Morgan fingerprint density at radius 2 is 2.23 bits per heavy atom. The van der Waals surface area contributed by atoms with Crippen molar-refractivity contribution in [2.24, 2.45) is 0 Å². The molecule has 0 aliphatic carbocycles. The van der Waals surface area contributed by atoms with Crippen LogP contribution in [-0.2, 0) is 6.42 Å². The first-order chi connectivity index (χ1) is 10.7. The molecule has 0 bridgehead atoms. The van der Waals surface area contributed by atoms with Gasteiger partial charge in [0.2, 0.25) is 5.13 Å². The highest BCUT2D eigenvalue weighted by atomic mass is 32.1. The van der Waals surface area contributed by atoms with Crippen molar-refractivity contribution in [3.63, 3.8) is 0 Å². The zero-order chi connectivity index (χ0) is 15.5. The average molecular weight is 317 g/mol. The molecule has 0 radical (unpaired) electrons. The van der Waals surface area contributed by atoms with Crippen molar-refractivity contribution in [3.8, 4) is 5.75 Å². The lowest BCUT2D eigenvalue weighted by atomic mass is 10.2. The van der Waals surface area contributed by atoms with Gasteiger partial charge in [0.15, 0.2) is 11.3 Å². The van der Waals surface area contributed by atoms with Crippen molar-refractivity contribution < 1.29 is 9.15 Å². The summed E-state index contributed by atoms with van der Waals surface area (Å²) in [5.74, 6) is 2.50. The van der Waals surface area contributed by atoms with E-state index in [2.05, 4.69) is 14.7 Å². The van der Waals surface area contributed by atoms with Crippen LogP contribution < -0.4 is 10.1 Å². The van der Waals surface area contributed by atoms with Crippen molar-refractivity contribution in [2.45, 2.75) is 33.2 Å². The summed E-state index contributed by atoms with van der Waals surface area (Å²) in [7, 11) is 0. The van der Waals surface area contributed by atoms with Crippen molar-refractivity contribution in [1.82, 2.24) is 9.36 Å². The molecule has 6 heteroatoms. The summed E-state index contributed by atoms with van der Waals surface area (Å²) in [5.41, 5.74) is 0.791. The molecule has 2 aromatic heterocycles. The van der Waals surface area contributed by atoms with Crippen molar-refractivity contribution >= 4 is 27.6 Å². The van der Waals surface area contributed by atoms with Crippen LogP contribution in [0.2, 0.25) is 0 Å². The van der Waals surface area contributed by atoms with Crippen molar-refractivity contribution in [1.29, 1.82) is 0 Å². The number of hydrogen-bond donors (Lipinski definition) is 1. The molecule has 0 amide bonds. The summed E-state index contributed by atoms with van der Waals surface area (Å²) in [4.78, 5) is 4.43. The predicted octanol–water partition coefficient (Wildman–Crippen LogP) is 4.42. The van der Waals surface area contributed by atoms with E-state index in [1.165, 1.54) is 11.5 Å². The van der Waals surface area contributed by atoms with E-state index in [-0.39, 0.29) is 6.04 Å². The molecule has 3 rings (SSSR count). The quantitative estimate of drug-likeness (QED) is 0.729. The second-order valence-corrected chi connectivity index (χ2v) is 5.74. The number of rotatable bonds is 6. The highest BCUT2D eigenvalue weighted by molar-refractivity contribution is 7.09. The van der Waals surface area contributed by atoms with Gasteiger partial charge in [-0.15, -0.1) is 0 Å². The van der Waals surface area contributed by atoms with Crippen LogP contribution in [0.4, 0.5) is 5.13 Å². The number of ether oxygens (including phenoxy) is 1. The molecule has 116 valence electrons. The van der Waals surface area contributed by atoms with Crippen LogP contribution in [0, 0.1) is 0 Å². The summed E-state index contributed by atoms with van der Waals surface area (Å²) in [5, 5.41) is 5.19. The van der Waals surface area contributed by atoms with Crippen LogP contribution in [0.1, 0.15) is 38.4 Å². The number of nitrogens with one attached hydrogen (secondary N) is 1. The molecule has 22 heavy (non-hydrogen) atoms. The number of nitrogens with zero attached hydrogens (tertiary/aromatic N) is 2. The van der Waals surface area contributed by atoms with E-state index in [9.17, 15) is 0 Å². The van der Waals surface area contributed by atoms with Gasteiger partial charge in [-0.2, -0.15) is 4.37 Å². The van der Waals surface area contributed by atoms with Gasteiger partial charge >= 0.3 is 0 Å². The second kappa shape index (κ2) is 6.36. The Labute approximate surface area is 133 Å². The maximum absolute atomic E-state index is 5.99. The molecule has 0 saturated heterocycles. The monoisotopic (exact) mass is 317 g/mol. The Bertz CT molecular complexity index is 766. The molecular formula is C16H19N3O2S. The molecule has 1 unspecified atom stereocenters. The molecule has 0 aliphatic heterocycles. The van der Waals surface area contributed by atoms with Gasteiger partial charge in [-0.05, 0) is 26.0 Å². The molecule has 1 aromatic carbocycles. The maximum atomic E-state index is 5.99. The Kier molecular flexibility index (Phi) is 4.29. The standard InChI is InChI=1S/C16H19N3O2S/c1-4-14-18-16(22-19-14)17-10(3)13-9-11-7-6-8-12(20-5-2)15(11)21-13/h6-10H,4-5H2,1-3H3,(H,17,18,19). The van der Waals surface area contributed by atoms with Crippen LogP contribution in [0.5, 0.6) is 5.75 Å². The number of aryl methyl sites for hydroxylation is 1. The number of aromatic nitrogens is 2. The van der Waals surface area contributed by atoms with Gasteiger partial charge in [0.25, 0.3) is 0 Å². The maximum Gasteiger partial charge on any atom is 0.203 e. The fraction of sp³-hybridized carbons (Fsp3) is 0.375. The number of benzene rings is 1. The Balaban J connectivity index is 1.84. The number of para-hydroxylation sites is 1. The zero-order valence-electron chi connectivity index (χ0n) is 12.9. The predicted molar refractivity (Wildman–Crippen MR) is 88.7 cm³/mol. The molecule has 3 aromatic rings. The highest BCUT2D eigenvalue weighted by Gasteiger charge is 2.15. The molecule has 5 nitrogen and oxygen atoms in total. The smallest absolute Gasteiger partial charge is 0.203 e. The lowest BCUT2D eigenvalue weighted by Gasteiger charge is -2.09. The summed E-state index contributed by atoms with van der Waals surface area (Å²) in [6.45, 7) is 6.68. The van der Waals surface area contributed by atoms with Crippen LogP contribution in [0.25, 0.3) is 11.0 Å². The molecule has 0 fully saturated rings. The average Bonchev–Trinajstić information content (AvgIpc) is 3.14. The number of fused-ring (bicyclic) bond motifs is 1. The Morgan fingerprint density at radius 1 is 1.36 bits per heavy atom. The van der Waals surface area contributed by atoms with Crippen LogP contribution in [0.3, 0.4) is 0 Å². The topological polar surface area (TPSA) is 60.2 Å². The SMILES string of the molecule is CCOc1cccc2cc(C(C)Nc3nc(CC)ns3)oc12. The third-order valence-corrected chi connectivity index (χ3v) is 4.06. The van der Waals surface area contributed by atoms with Gasteiger partial charge in [0.05, 0.1) is 12.6 Å². The first-order valence-corrected chi connectivity index (χ1v) is 8.23. The third-order valence-electron chi connectivity index (χ3n) is 3.38. The number of hydrogen-bond acceptors (Lipinski definition) is 6. The molecule has 0 saturated carbocycles. The lowest BCUT2D eigenvalue weighted by Crippen LogP contribution is -2.05. The van der Waals surface area contributed by atoms with E-state index in [1.807, 2.05) is 45.0 Å². The lowest BCUT2D eigenvalue weighted by molar-refractivity contribution is 0.337. The molecular weight excluding hydrogens is 298 g/mol. The van der Waals surface area contributed by atoms with Gasteiger partial charge in [0, 0.05) is 23.3 Å². The molecule has 1 atom stereocenters. The van der Waals surface area contributed by atoms with E-state index >= 15 is 0 Å². The Hall–Kier alpha value is -2.08. The van der Waals surface area contributed by atoms with Gasteiger partial charge < -0.3 is 14.5 Å². The van der Waals surface area contributed by atoms with E-state index in [0.717, 1.165) is 39.9 Å². The fourth-order valence-corrected chi connectivity index (χ4v) is 2.99. The molecule has 0 spiro atoms. The van der Waals surface area contributed by atoms with Gasteiger partial charge in [-0.25, -0.2) is 4.98 Å². The fourth-order valence-electron chi connectivity index (χ4n) is 2.25. The minimum Gasteiger partial charge on any atom is -0.490 e. The number of anilines is 1. The van der Waals surface area contributed by atoms with Gasteiger partial charge in [-0.1, -0.05) is 19.1 Å². The van der Waals surface area contributed by atoms with Crippen molar-refractivity contribution in [3.05, 3.63) is 35.9 Å². The molecule has 2 heterocycles. The van der Waals surface area contributed by atoms with E-state index < -0.39 is 0 Å². The van der Waals surface area contributed by atoms with Crippen LogP contribution in [-0.4, -0.2) is 16.0 Å². The molecule has 0 aliphatic rings. The minimum absolute atomic E-state index is 0.0135. The summed E-state index contributed by atoms with van der Waals surface area (Å²) < 4.78 is 15.9. The highest BCUT2D eigenvalue weighted by Crippen LogP contribution is 2.32. The third kappa shape index (κ3) is 2.92. The van der Waals surface area contributed by atoms with E-state index in [0.29, 0.717) is 6.61 Å². The van der Waals surface area contributed by atoms with Gasteiger partial charge in [-0.3, -0.25) is 0 Å². The first kappa shape index (κ1) is 14.8. The summed E-state index contributed by atoms with van der Waals surface area (Å²) in [6.07, 6.45) is 0.842. The number of furan rings is 1.